The minimum absolute atomic E-state index is 0.204. The molecule has 1 amide bonds. The minimum Gasteiger partial charge on any atom is -0.451 e. The van der Waals surface area contributed by atoms with Crippen molar-refractivity contribution in [1.82, 2.24) is 5.32 Å². The fraction of sp³-hybridized carbons (Fsp3) is 0.611. The zero-order valence-corrected chi connectivity index (χ0v) is 14.7. The monoisotopic (exact) mass is 346 g/mol. The molecule has 1 aromatic heterocycles. The van der Waals surface area contributed by atoms with Crippen LogP contribution in [0.25, 0.3) is 0 Å². The van der Waals surface area contributed by atoms with Crippen LogP contribution >= 0.6 is 11.3 Å². The van der Waals surface area contributed by atoms with Crippen LogP contribution in [-0.4, -0.2) is 24.0 Å². The van der Waals surface area contributed by atoms with Crippen LogP contribution in [0, 0.1) is 17.2 Å². The molecular weight excluding hydrogens is 324 g/mol. The molecule has 5 nitrogen and oxygen atoms in total. The summed E-state index contributed by atoms with van der Waals surface area (Å²) in [4.78, 5) is 26.0. The maximum Gasteiger partial charge on any atom is 0.348 e. The number of ether oxygens (including phenoxy) is 1. The van der Waals surface area contributed by atoms with E-state index in [1.54, 1.807) is 6.92 Å². The average Bonchev–Trinajstić information content (AvgIpc) is 3.38. The topological polar surface area (TPSA) is 79.2 Å². The van der Waals surface area contributed by atoms with Gasteiger partial charge < -0.3 is 10.1 Å². The molecule has 2 aliphatic rings. The van der Waals surface area contributed by atoms with Gasteiger partial charge in [0.15, 0.2) is 6.61 Å². The van der Waals surface area contributed by atoms with Crippen LogP contribution < -0.4 is 5.32 Å². The first-order valence-corrected chi connectivity index (χ1v) is 9.34. The maximum atomic E-state index is 12.2. The highest BCUT2D eigenvalue weighted by Crippen LogP contribution is 2.39. The van der Waals surface area contributed by atoms with Gasteiger partial charge in [0.2, 0.25) is 0 Å². The normalized spacial score (nSPS) is 19.3. The highest BCUT2D eigenvalue weighted by Gasteiger charge is 2.43. The lowest BCUT2D eigenvalue weighted by Gasteiger charge is -2.22. The number of aryl methyl sites for hydroxylation is 2. The molecule has 0 radical (unpaired) electrons. The highest BCUT2D eigenvalue weighted by molar-refractivity contribution is 7.14. The number of nitrogens with zero attached hydrogens (tertiary/aromatic N) is 1. The maximum absolute atomic E-state index is 12.2. The van der Waals surface area contributed by atoms with Crippen LogP contribution in [0.2, 0.25) is 0 Å². The number of fused-ring (bicyclic) bond motifs is 1. The van der Waals surface area contributed by atoms with Gasteiger partial charge in [0.1, 0.15) is 10.4 Å². The molecule has 1 atom stereocenters. The standard InChI is InChI=1S/C18H22N2O3S/c1-18(11-19,13-7-8-13)20-16(21)10-23-17(22)15-9-12-5-3-2-4-6-14(12)24-15/h9,13H,2-8,10H2,1H3,(H,20,21)/t18-/m1/s1. The summed E-state index contributed by atoms with van der Waals surface area (Å²) in [6, 6.07) is 4.07. The summed E-state index contributed by atoms with van der Waals surface area (Å²) in [6.07, 6.45) is 7.50. The zero-order valence-electron chi connectivity index (χ0n) is 13.9. The van der Waals surface area contributed by atoms with Crippen molar-refractivity contribution in [2.45, 2.75) is 57.4 Å². The van der Waals surface area contributed by atoms with E-state index < -0.39 is 17.4 Å². The molecule has 128 valence electrons. The first-order chi connectivity index (χ1) is 11.5. The molecule has 6 heteroatoms. The molecule has 1 fully saturated rings. The summed E-state index contributed by atoms with van der Waals surface area (Å²) in [7, 11) is 0. The molecule has 0 aromatic carbocycles. The summed E-state index contributed by atoms with van der Waals surface area (Å²) < 4.78 is 5.14. The van der Waals surface area contributed by atoms with Crippen LogP contribution in [0.15, 0.2) is 6.07 Å². The number of rotatable bonds is 5. The van der Waals surface area contributed by atoms with Crippen LogP contribution in [0.3, 0.4) is 0 Å². The Bertz CT molecular complexity index is 663. The van der Waals surface area contributed by atoms with E-state index >= 15 is 0 Å². The van der Waals surface area contributed by atoms with Gasteiger partial charge >= 0.3 is 5.97 Å². The summed E-state index contributed by atoms with van der Waals surface area (Å²) >= 11 is 1.48. The Hall–Kier alpha value is -1.87. The molecular formula is C18H22N2O3S. The Balaban J connectivity index is 1.54. The van der Waals surface area contributed by atoms with Crippen molar-refractivity contribution in [3.8, 4) is 6.07 Å². The number of nitriles is 1. The Morgan fingerprint density at radius 1 is 1.38 bits per heavy atom. The number of carbonyl (C=O) groups is 2. The second-order valence-electron chi connectivity index (χ2n) is 6.83. The third-order valence-electron chi connectivity index (χ3n) is 4.81. The first-order valence-electron chi connectivity index (χ1n) is 8.53. The lowest BCUT2D eigenvalue weighted by atomic mass is 9.98. The second kappa shape index (κ2) is 6.94. The number of esters is 1. The van der Waals surface area contributed by atoms with E-state index in [-0.39, 0.29) is 12.5 Å². The predicted octanol–water partition coefficient (Wildman–Crippen LogP) is 2.98. The molecule has 0 unspecified atom stereocenters. The summed E-state index contributed by atoms with van der Waals surface area (Å²) in [5.41, 5.74) is 0.392. The van der Waals surface area contributed by atoms with Gasteiger partial charge in [0, 0.05) is 4.88 Å². The second-order valence-corrected chi connectivity index (χ2v) is 7.97. The number of nitrogens with one attached hydrogen (secondary N) is 1. The van der Waals surface area contributed by atoms with Gasteiger partial charge in [-0.05, 0) is 63.0 Å². The quantitative estimate of drug-likeness (QED) is 0.656. The fourth-order valence-corrected chi connectivity index (χ4v) is 4.33. The Morgan fingerprint density at radius 2 is 2.12 bits per heavy atom. The lowest BCUT2D eigenvalue weighted by molar-refractivity contribution is -0.125. The molecule has 0 bridgehead atoms. The van der Waals surface area contributed by atoms with Crippen molar-refractivity contribution in [3.05, 3.63) is 21.4 Å². The third-order valence-corrected chi connectivity index (χ3v) is 6.02. The Kier molecular flexibility index (Phi) is 4.91. The molecule has 24 heavy (non-hydrogen) atoms. The molecule has 2 aliphatic carbocycles. The van der Waals surface area contributed by atoms with Crippen LogP contribution in [0.4, 0.5) is 0 Å². The molecule has 0 aliphatic heterocycles. The van der Waals surface area contributed by atoms with E-state index in [4.69, 9.17) is 4.74 Å². The minimum atomic E-state index is -0.857. The Labute approximate surface area is 146 Å². The number of carbonyl (C=O) groups excluding carboxylic acids is 2. The SMILES string of the molecule is C[C@](C#N)(NC(=O)COC(=O)c1cc2c(s1)CCCCC2)C1CC1. The average molecular weight is 346 g/mol. The number of amides is 1. The molecule has 1 N–H and O–H groups in total. The molecule has 1 heterocycles. The van der Waals surface area contributed by atoms with Gasteiger partial charge in [-0.3, -0.25) is 4.79 Å². The number of hydrogen-bond acceptors (Lipinski definition) is 5. The summed E-state index contributed by atoms with van der Waals surface area (Å²) in [6.45, 7) is 1.38. The van der Waals surface area contributed by atoms with Gasteiger partial charge in [-0.15, -0.1) is 11.3 Å². The van der Waals surface area contributed by atoms with E-state index in [9.17, 15) is 14.9 Å². The van der Waals surface area contributed by atoms with Crippen molar-refractivity contribution >= 4 is 23.2 Å². The predicted molar refractivity (Wildman–Crippen MR) is 90.7 cm³/mol. The van der Waals surface area contributed by atoms with Gasteiger partial charge in [-0.25, -0.2) is 4.79 Å². The van der Waals surface area contributed by atoms with Crippen LogP contribution in [0.5, 0.6) is 0 Å². The molecule has 0 spiro atoms. The van der Waals surface area contributed by atoms with E-state index in [2.05, 4.69) is 11.4 Å². The molecule has 3 rings (SSSR count). The van der Waals surface area contributed by atoms with Crippen molar-refractivity contribution in [2.24, 2.45) is 5.92 Å². The molecule has 1 aromatic rings. The van der Waals surface area contributed by atoms with Gasteiger partial charge in [-0.1, -0.05) is 6.42 Å². The molecule has 0 saturated heterocycles. The van der Waals surface area contributed by atoms with Crippen molar-refractivity contribution in [1.29, 1.82) is 5.26 Å². The van der Waals surface area contributed by atoms with E-state index in [1.807, 2.05) is 6.07 Å². The van der Waals surface area contributed by atoms with E-state index in [1.165, 1.54) is 28.2 Å². The largest absolute Gasteiger partial charge is 0.451 e. The lowest BCUT2D eigenvalue weighted by Crippen LogP contribution is -2.48. The van der Waals surface area contributed by atoms with Gasteiger partial charge in [0.25, 0.3) is 5.91 Å². The summed E-state index contributed by atoms with van der Waals surface area (Å²) in [5, 5.41) is 11.9. The van der Waals surface area contributed by atoms with Crippen molar-refractivity contribution in [3.63, 3.8) is 0 Å². The van der Waals surface area contributed by atoms with Gasteiger partial charge in [-0.2, -0.15) is 5.26 Å². The fourth-order valence-electron chi connectivity index (χ4n) is 3.18. The number of thiophene rings is 1. The van der Waals surface area contributed by atoms with Crippen molar-refractivity contribution in [2.75, 3.05) is 6.61 Å². The summed E-state index contributed by atoms with van der Waals surface area (Å²) in [5.74, 6) is -0.666. The third kappa shape index (κ3) is 3.78. The van der Waals surface area contributed by atoms with E-state index in [0.29, 0.717) is 4.88 Å². The first kappa shape index (κ1) is 17.0. The smallest absolute Gasteiger partial charge is 0.348 e. The zero-order chi connectivity index (χ0) is 17.2. The molecule has 1 saturated carbocycles. The van der Waals surface area contributed by atoms with E-state index in [0.717, 1.165) is 38.5 Å². The highest BCUT2D eigenvalue weighted by atomic mass is 32.1. The van der Waals surface area contributed by atoms with Crippen molar-refractivity contribution < 1.29 is 14.3 Å². The Morgan fingerprint density at radius 3 is 2.83 bits per heavy atom. The van der Waals surface area contributed by atoms with Gasteiger partial charge in [0.05, 0.1) is 6.07 Å². The van der Waals surface area contributed by atoms with Crippen LogP contribution in [-0.2, 0) is 22.4 Å². The number of hydrogen-bond donors (Lipinski definition) is 1. The van der Waals surface area contributed by atoms with Crippen LogP contribution in [0.1, 0.15) is 59.1 Å².